The predicted octanol–water partition coefficient (Wildman–Crippen LogP) is 4.58. The van der Waals surface area contributed by atoms with Gasteiger partial charge in [-0.15, -0.1) is 0 Å². The molecule has 4 nitrogen and oxygen atoms in total. The van der Waals surface area contributed by atoms with Crippen LogP contribution in [-0.4, -0.2) is 16.6 Å². The standard InChI is InChI=1S/C21H18N2O2/c1-15-8-5-6-11-17(15)21(24)23-19(16-9-3-2-4-10-16)14-18(22-23)20-12-7-13-25-20/h2-13,19H,14H2,1H3/t19-/m0/s1. The summed E-state index contributed by atoms with van der Waals surface area (Å²) in [5.41, 5.74) is 3.48. The molecule has 0 N–H and O–H groups in total. The molecule has 1 aromatic heterocycles. The summed E-state index contributed by atoms with van der Waals surface area (Å²) in [5, 5.41) is 6.21. The van der Waals surface area contributed by atoms with Crippen molar-refractivity contribution in [3.05, 3.63) is 95.4 Å². The number of hydrazone groups is 1. The Morgan fingerprint density at radius 3 is 2.52 bits per heavy atom. The van der Waals surface area contributed by atoms with E-state index < -0.39 is 0 Å². The van der Waals surface area contributed by atoms with Gasteiger partial charge >= 0.3 is 0 Å². The minimum absolute atomic E-state index is 0.0893. The fourth-order valence-corrected chi connectivity index (χ4v) is 3.16. The fraction of sp³-hybridized carbons (Fsp3) is 0.143. The summed E-state index contributed by atoms with van der Waals surface area (Å²) in [6.45, 7) is 1.94. The van der Waals surface area contributed by atoms with Gasteiger partial charge in [0.2, 0.25) is 0 Å². The molecule has 4 heteroatoms. The van der Waals surface area contributed by atoms with Crippen molar-refractivity contribution in [2.75, 3.05) is 0 Å². The third-order valence-corrected chi connectivity index (χ3v) is 4.48. The van der Waals surface area contributed by atoms with Gasteiger partial charge in [0.15, 0.2) is 0 Å². The minimum atomic E-state index is -0.131. The molecule has 1 atom stereocenters. The molecule has 1 aliphatic rings. The van der Waals surface area contributed by atoms with E-state index in [1.807, 2.05) is 73.7 Å². The molecule has 0 saturated heterocycles. The summed E-state index contributed by atoms with van der Waals surface area (Å²) in [7, 11) is 0. The van der Waals surface area contributed by atoms with Crippen molar-refractivity contribution >= 4 is 11.6 Å². The van der Waals surface area contributed by atoms with Gasteiger partial charge in [0.25, 0.3) is 5.91 Å². The van der Waals surface area contributed by atoms with Crippen LogP contribution in [0.25, 0.3) is 0 Å². The maximum atomic E-state index is 13.2. The Kier molecular flexibility index (Phi) is 3.94. The van der Waals surface area contributed by atoms with Gasteiger partial charge in [-0.3, -0.25) is 4.79 Å². The molecule has 2 heterocycles. The van der Waals surface area contributed by atoms with Gasteiger partial charge < -0.3 is 4.42 Å². The second kappa shape index (κ2) is 6.40. The van der Waals surface area contributed by atoms with Crippen LogP contribution in [-0.2, 0) is 0 Å². The molecule has 0 spiro atoms. The Morgan fingerprint density at radius 2 is 1.80 bits per heavy atom. The summed E-state index contributed by atoms with van der Waals surface area (Å²) >= 11 is 0. The first kappa shape index (κ1) is 15.4. The maximum absolute atomic E-state index is 13.2. The molecule has 4 rings (SSSR count). The van der Waals surface area contributed by atoms with Crippen LogP contribution in [0.2, 0.25) is 0 Å². The molecular formula is C21H18N2O2. The lowest BCUT2D eigenvalue weighted by Gasteiger charge is -2.22. The quantitative estimate of drug-likeness (QED) is 0.705. The van der Waals surface area contributed by atoms with Crippen molar-refractivity contribution in [2.24, 2.45) is 5.10 Å². The number of aryl methyl sites for hydroxylation is 1. The molecule has 1 aliphatic heterocycles. The lowest BCUT2D eigenvalue weighted by Crippen LogP contribution is -2.27. The third-order valence-electron chi connectivity index (χ3n) is 4.48. The highest BCUT2D eigenvalue weighted by Gasteiger charge is 2.34. The van der Waals surface area contributed by atoms with E-state index in [0.717, 1.165) is 16.8 Å². The highest BCUT2D eigenvalue weighted by atomic mass is 16.3. The number of carbonyl (C=O) groups excluding carboxylic acids is 1. The van der Waals surface area contributed by atoms with Crippen LogP contribution in [0.1, 0.15) is 39.7 Å². The lowest BCUT2D eigenvalue weighted by molar-refractivity contribution is 0.0710. The molecule has 0 bridgehead atoms. The SMILES string of the molecule is Cc1ccccc1C(=O)N1N=C(c2ccco2)C[C@H]1c1ccccc1. The monoisotopic (exact) mass is 330 g/mol. The highest BCUT2D eigenvalue weighted by Crippen LogP contribution is 2.34. The number of nitrogens with zero attached hydrogens (tertiary/aromatic N) is 2. The van der Waals surface area contributed by atoms with Crippen LogP contribution in [0.4, 0.5) is 0 Å². The summed E-state index contributed by atoms with van der Waals surface area (Å²) in [6.07, 6.45) is 2.26. The molecule has 124 valence electrons. The van der Waals surface area contributed by atoms with E-state index in [-0.39, 0.29) is 11.9 Å². The van der Waals surface area contributed by atoms with Crippen LogP contribution in [0.15, 0.2) is 82.5 Å². The van der Waals surface area contributed by atoms with Crippen molar-refractivity contribution in [3.63, 3.8) is 0 Å². The first-order chi connectivity index (χ1) is 12.2. The van der Waals surface area contributed by atoms with Crippen molar-refractivity contribution in [1.29, 1.82) is 0 Å². The lowest BCUT2D eigenvalue weighted by atomic mass is 10.00. The van der Waals surface area contributed by atoms with Crippen molar-refractivity contribution < 1.29 is 9.21 Å². The molecule has 1 amide bonds. The summed E-state index contributed by atoms with van der Waals surface area (Å²) in [5.74, 6) is 0.620. The molecular weight excluding hydrogens is 312 g/mol. The Bertz CT molecular complexity index is 914. The molecule has 0 saturated carbocycles. The first-order valence-corrected chi connectivity index (χ1v) is 8.29. The first-order valence-electron chi connectivity index (χ1n) is 8.29. The number of amides is 1. The largest absolute Gasteiger partial charge is 0.463 e. The number of rotatable bonds is 3. The van der Waals surface area contributed by atoms with E-state index in [4.69, 9.17) is 4.42 Å². The van der Waals surface area contributed by atoms with Crippen molar-refractivity contribution in [2.45, 2.75) is 19.4 Å². The Balaban J connectivity index is 1.75. The van der Waals surface area contributed by atoms with Crippen LogP contribution in [0, 0.1) is 6.92 Å². The van der Waals surface area contributed by atoms with Gasteiger partial charge in [-0.25, -0.2) is 5.01 Å². The number of hydrogen-bond donors (Lipinski definition) is 0. The number of furan rings is 1. The second-order valence-corrected chi connectivity index (χ2v) is 6.12. The fourth-order valence-electron chi connectivity index (χ4n) is 3.16. The van der Waals surface area contributed by atoms with E-state index in [9.17, 15) is 4.79 Å². The van der Waals surface area contributed by atoms with E-state index in [1.165, 1.54) is 0 Å². The molecule has 2 aromatic carbocycles. The van der Waals surface area contributed by atoms with Crippen molar-refractivity contribution in [3.8, 4) is 0 Å². The Hall–Kier alpha value is -3.14. The van der Waals surface area contributed by atoms with Gasteiger partial charge in [0.05, 0.1) is 12.3 Å². The topological polar surface area (TPSA) is 45.8 Å². The van der Waals surface area contributed by atoms with Crippen LogP contribution in [0.5, 0.6) is 0 Å². The van der Waals surface area contributed by atoms with Crippen LogP contribution < -0.4 is 0 Å². The molecule has 0 unspecified atom stereocenters. The molecule has 0 fully saturated rings. The van der Waals surface area contributed by atoms with E-state index in [0.29, 0.717) is 17.7 Å². The average molecular weight is 330 g/mol. The summed E-state index contributed by atoms with van der Waals surface area (Å²) < 4.78 is 5.49. The average Bonchev–Trinajstić information content (AvgIpc) is 3.32. The minimum Gasteiger partial charge on any atom is -0.463 e. The Labute approximate surface area is 146 Å². The number of hydrogen-bond acceptors (Lipinski definition) is 3. The van der Waals surface area contributed by atoms with Gasteiger partial charge in [-0.2, -0.15) is 5.10 Å². The second-order valence-electron chi connectivity index (χ2n) is 6.12. The number of carbonyl (C=O) groups is 1. The summed E-state index contributed by atoms with van der Waals surface area (Å²) in [4.78, 5) is 13.2. The normalized spacial score (nSPS) is 16.8. The molecule has 0 radical (unpaired) electrons. The van der Waals surface area contributed by atoms with E-state index >= 15 is 0 Å². The van der Waals surface area contributed by atoms with Gasteiger partial charge in [0.1, 0.15) is 11.5 Å². The van der Waals surface area contributed by atoms with Gasteiger partial charge in [0, 0.05) is 12.0 Å². The van der Waals surface area contributed by atoms with Crippen LogP contribution >= 0.6 is 0 Å². The highest BCUT2D eigenvalue weighted by molar-refractivity contribution is 6.03. The molecule has 25 heavy (non-hydrogen) atoms. The third kappa shape index (κ3) is 2.87. The van der Waals surface area contributed by atoms with Crippen LogP contribution in [0.3, 0.4) is 0 Å². The number of benzene rings is 2. The zero-order valence-electron chi connectivity index (χ0n) is 13.9. The zero-order valence-corrected chi connectivity index (χ0v) is 13.9. The summed E-state index contributed by atoms with van der Waals surface area (Å²) in [6, 6.07) is 21.2. The Morgan fingerprint density at radius 1 is 1.04 bits per heavy atom. The maximum Gasteiger partial charge on any atom is 0.274 e. The van der Waals surface area contributed by atoms with E-state index in [1.54, 1.807) is 11.3 Å². The smallest absolute Gasteiger partial charge is 0.274 e. The molecule has 3 aromatic rings. The zero-order chi connectivity index (χ0) is 17.2. The van der Waals surface area contributed by atoms with Crippen molar-refractivity contribution in [1.82, 2.24) is 5.01 Å². The van der Waals surface area contributed by atoms with Gasteiger partial charge in [-0.1, -0.05) is 48.5 Å². The van der Waals surface area contributed by atoms with E-state index in [2.05, 4.69) is 5.10 Å². The molecule has 0 aliphatic carbocycles. The van der Waals surface area contributed by atoms with Gasteiger partial charge in [-0.05, 0) is 36.2 Å². The predicted molar refractivity (Wildman–Crippen MR) is 96.4 cm³/mol.